The first-order valence-electron chi connectivity index (χ1n) is 6.27. The molecule has 0 saturated carbocycles. The summed E-state index contributed by atoms with van der Waals surface area (Å²) in [5.74, 6) is 0.0847. The average Bonchev–Trinajstić information content (AvgIpc) is 2.39. The molecule has 6 heteroatoms. The van der Waals surface area contributed by atoms with Crippen LogP contribution in [0.1, 0.15) is 20.8 Å². The number of rotatable bonds is 4. The fraction of sp³-hybridized carbons (Fsp3) is 0.429. The highest BCUT2D eigenvalue weighted by atomic mass is 16.5. The maximum absolute atomic E-state index is 12.0. The van der Waals surface area contributed by atoms with Crippen LogP contribution in [0.5, 0.6) is 5.75 Å². The third-order valence-electron chi connectivity index (χ3n) is 2.62. The molecule has 0 atom stereocenters. The molecule has 0 fully saturated rings. The third kappa shape index (κ3) is 4.24. The lowest BCUT2D eigenvalue weighted by atomic mass is 9.95. The molecule has 4 N–H and O–H groups in total. The molecule has 0 aromatic heterocycles. The van der Waals surface area contributed by atoms with Crippen LogP contribution in [0.15, 0.2) is 18.2 Å². The number of carbonyl (C=O) groups is 2. The first kappa shape index (κ1) is 16.0. The average molecular weight is 279 g/mol. The van der Waals surface area contributed by atoms with Gasteiger partial charge < -0.3 is 21.1 Å². The molecule has 6 nitrogen and oxygen atoms in total. The summed E-state index contributed by atoms with van der Waals surface area (Å²) in [4.78, 5) is 23.4. The highest BCUT2D eigenvalue weighted by Crippen LogP contribution is 2.28. The van der Waals surface area contributed by atoms with Crippen LogP contribution in [0.3, 0.4) is 0 Å². The molecule has 0 saturated heterocycles. The Balaban J connectivity index is 3.05. The molecule has 0 spiro atoms. The van der Waals surface area contributed by atoms with Gasteiger partial charge in [-0.15, -0.1) is 0 Å². The number of nitrogens with one attached hydrogen (secondary N) is 2. The zero-order valence-corrected chi connectivity index (χ0v) is 12.2. The summed E-state index contributed by atoms with van der Waals surface area (Å²) in [5, 5.41) is 5.41. The lowest BCUT2D eigenvalue weighted by Gasteiger charge is -2.20. The Hall–Kier alpha value is -2.08. The number of nitrogens with two attached hydrogens (primary N) is 1. The molecule has 20 heavy (non-hydrogen) atoms. The Morgan fingerprint density at radius 2 is 1.85 bits per heavy atom. The van der Waals surface area contributed by atoms with Crippen molar-refractivity contribution in [3.63, 3.8) is 0 Å². The van der Waals surface area contributed by atoms with E-state index in [0.29, 0.717) is 17.1 Å². The standard InChI is InChI=1S/C14H21N3O3/c1-14(2,3)13(19)17-10-6-5-9(20-4)7-11(10)16-12(18)8-15/h5-7H,8,15H2,1-4H3,(H,16,18)(H,17,19). The highest BCUT2D eigenvalue weighted by Gasteiger charge is 2.22. The Bertz CT molecular complexity index is 507. The molecule has 2 amide bonds. The van der Waals surface area contributed by atoms with Gasteiger partial charge in [0.15, 0.2) is 0 Å². The van der Waals surface area contributed by atoms with E-state index < -0.39 is 5.41 Å². The summed E-state index contributed by atoms with van der Waals surface area (Å²) in [5.41, 5.74) is 5.71. The van der Waals surface area contributed by atoms with Crippen molar-refractivity contribution in [3.8, 4) is 5.75 Å². The number of anilines is 2. The van der Waals surface area contributed by atoms with Gasteiger partial charge in [-0.1, -0.05) is 20.8 Å². The van der Waals surface area contributed by atoms with Gasteiger partial charge in [0, 0.05) is 11.5 Å². The van der Waals surface area contributed by atoms with Gasteiger partial charge >= 0.3 is 0 Å². The van der Waals surface area contributed by atoms with E-state index in [1.165, 1.54) is 7.11 Å². The fourth-order valence-corrected chi connectivity index (χ4v) is 1.37. The second-order valence-corrected chi connectivity index (χ2v) is 5.37. The van der Waals surface area contributed by atoms with Gasteiger partial charge in [-0.2, -0.15) is 0 Å². The summed E-state index contributed by atoms with van der Waals surface area (Å²) in [7, 11) is 1.53. The Morgan fingerprint density at radius 1 is 1.20 bits per heavy atom. The minimum Gasteiger partial charge on any atom is -0.497 e. The maximum atomic E-state index is 12.0. The van der Waals surface area contributed by atoms with Crippen LogP contribution in [0, 0.1) is 5.41 Å². The predicted molar refractivity (Wildman–Crippen MR) is 78.8 cm³/mol. The lowest BCUT2D eigenvalue weighted by Crippen LogP contribution is -2.28. The number of carbonyl (C=O) groups excluding carboxylic acids is 2. The van der Waals surface area contributed by atoms with Crippen molar-refractivity contribution >= 4 is 23.2 Å². The van der Waals surface area contributed by atoms with E-state index >= 15 is 0 Å². The van der Waals surface area contributed by atoms with Gasteiger partial charge in [0.2, 0.25) is 11.8 Å². The van der Waals surface area contributed by atoms with E-state index in [1.54, 1.807) is 18.2 Å². The van der Waals surface area contributed by atoms with Crippen molar-refractivity contribution in [2.24, 2.45) is 11.1 Å². The molecule has 110 valence electrons. The minimum atomic E-state index is -0.533. The van der Waals surface area contributed by atoms with Crippen molar-refractivity contribution in [1.29, 1.82) is 0 Å². The van der Waals surface area contributed by atoms with Gasteiger partial charge in [0.1, 0.15) is 5.75 Å². The Kier molecular flexibility index (Phi) is 5.10. The first-order valence-corrected chi connectivity index (χ1v) is 6.27. The molecule has 0 bridgehead atoms. The molecule has 1 aromatic carbocycles. The van der Waals surface area contributed by atoms with Gasteiger partial charge in [-0.05, 0) is 12.1 Å². The monoisotopic (exact) mass is 279 g/mol. The van der Waals surface area contributed by atoms with E-state index in [4.69, 9.17) is 10.5 Å². The van der Waals surface area contributed by atoms with Gasteiger partial charge in [-0.25, -0.2) is 0 Å². The van der Waals surface area contributed by atoms with Crippen molar-refractivity contribution in [1.82, 2.24) is 0 Å². The van der Waals surface area contributed by atoms with E-state index in [0.717, 1.165) is 0 Å². The Morgan fingerprint density at radius 3 is 2.35 bits per heavy atom. The second kappa shape index (κ2) is 6.38. The minimum absolute atomic E-state index is 0.135. The highest BCUT2D eigenvalue weighted by molar-refractivity contribution is 6.01. The van der Waals surface area contributed by atoms with E-state index in [2.05, 4.69) is 10.6 Å². The van der Waals surface area contributed by atoms with E-state index in [-0.39, 0.29) is 18.4 Å². The number of ether oxygens (including phenoxy) is 1. The fourth-order valence-electron chi connectivity index (χ4n) is 1.37. The van der Waals surface area contributed by atoms with Crippen LogP contribution >= 0.6 is 0 Å². The molecule has 1 aromatic rings. The zero-order valence-electron chi connectivity index (χ0n) is 12.2. The normalized spacial score (nSPS) is 10.8. The smallest absolute Gasteiger partial charge is 0.238 e. The van der Waals surface area contributed by atoms with Crippen LogP contribution in [-0.4, -0.2) is 25.5 Å². The Labute approximate surface area is 118 Å². The number of methoxy groups -OCH3 is 1. The molecule has 0 aliphatic rings. The number of hydrogen-bond donors (Lipinski definition) is 3. The number of hydrogen-bond acceptors (Lipinski definition) is 4. The van der Waals surface area contributed by atoms with Crippen molar-refractivity contribution < 1.29 is 14.3 Å². The molecular weight excluding hydrogens is 258 g/mol. The molecular formula is C14H21N3O3. The topological polar surface area (TPSA) is 93.5 Å². The first-order chi connectivity index (χ1) is 9.27. The van der Waals surface area contributed by atoms with Crippen LogP contribution in [0.4, 0.5) is 11.4 Å². The summed E-state index contributed by atoms with van der Waals surface area (Å²) in [6.45, 7) is 5.29. The molecule has 0 aliphatic heterocycles. The summed E-state index contributed by atoms with van der Waals surface area (Å²) < 4.78 is 5.10. The summed E-state index contributed by atoms with van der Waals surface area (Å²) in [6, 6.07) is 5.01. The van der Waals surface area contributed by atoms with Crippen molar-refractivity contribution in [3.05, 3.63) is 18.2 Å². The zero-order chi connectivity index (χ0) is 15.3. The third-order valence-corrected chi connectivity index (χ3v) is 2.62. The van der Waals surface area contributed by atoms with Crippen LogP contribution in [0.25, 0.3) is 0 Å². The largest absolute Gasteiger partial charge is 0.497 e. The van der Waals surface area contributed by atoms with Gasteiger partial charge in [0.25, 0.3) is 0 Å². The van der Waals surface area contributed by atoms with Gasteiger partial charge in [0.05, 0.1) is 25.0 Å². The summed E-state index contributed by atoms with van der Waals surface area (Å²) >= 11 is 0. The molecule has 0 aliphatic carbocycles. The van der Waals surface area contributed by atoms with E-state index in [1.807, 2.05) is 20.8 Å². The van der Waals surface area contributed by atoms with Crippen LogP contribution < -0.4 is 21.1 Å². The predicted octanol–water partition coefficient (Wildman–Crippen LogP) is 1.58. The van der Waals surface area contributed by atoms with Crippen LogP contribution in [0.2, 0.25) is 0 Å². The molecule has 0 unspecified atom stereocenters. The number of benzene rings is 1. The van der Waals surface area contributed by atoms with Gasteiger partial charge in [-0.3, -0.25) is 9.59 Å². The SMILES string of the molecule is COc1ccc(NC(=O)C(C)(C)C)c(NC(=O)CN)c1. The molecule has 0 radical (unpaired) electrons. The maximum Gasteiger partial charge on any atom is 0.238 e. The van der Waals surface area contributed by atoms with Crippen LogP contribution in [-0.2, 0) is 9.59 Å². The lowest BCUT2D eigenvalue weighted by molar-refractivity contribution is -0.123. The quantitative estimate of drug-likeness (QED) is 0.780. The number of amides is 2. The summed E-state index contributed by atoms with van der Waals surface area (Å²) in [6.07, 6.45) is 0. The molecule has 0 heterocycles. The van der Waals surface area contributed by atoms with E-state index in [9.17, 15) is 9.59 Å². The molecule has 1 rings (SSSR count). The second-order valence-electron chi connectivity index (χ2n) is 5.37. The van der Waals surface area contributed by atoms with Crippen molar-refractivity contribution in [2.75, 3.05) is 24.3 Å². The van der Waals surface area contributed by atoms with Crippen molar-refractivity contribution in [2.45, 2.75) is 20.8 Å².